The summed E-state index contributed by atoms with van der Waals surface area (Å²) in [5, 5.41) is 8.49. The first-order valence-corrected chi connectivity index (χ1v) is 5.49. The predicted molar refractivity (Wildman–Crippen MR) is 63.0 cm³/mol. The normalized spacial score (nSPS) is 19.6. The number of benzene rings is 1. The van der Waals surface area contributed by atoms with E-state index in [0.717, 1.165) is 30.4 Å². The molecule has 0 amide bonds. The average Bonchev–Trinajstić information content (AvgIpc) is 2.81. The van der Waals surface area contributed by atoms with Gasteiger partial charge < -0.3 is 14.6 Å². The van der Waals surface area contributed by atoms with Gasteiger partial charge in [0.05, 0.1) is 13.2 Å². The zero-order chi connectivity index (χ0) is 12.1. The summed E-state index contributed by atoms with van der Waals surface area (Å²) in [4.78, 5) is 10.3. The molecule has 0 aromatic heterocycles. The Morgan fingerprint density at radius 1 is 1.41 bits per heavy atom. The van der Waals surface area contributed by atoms with Crippen molar-refractivity contribution in [1.29, 1.82) is 0 Å². The van der Waals surface area contributed by atoms with E-state index in [0.29, 0.717) is 6.61 Å². The van der Waals surface area contributed by atoms with Crippen molar-refractivity contribution >= 4 is 12.0 Å². The summed E-state index contributed by atoms with van der Waals surface area (Å²) >= 11 is 0. The molecule has 1 aliphatic heterocycles. The predicted octanol–water partition coefficient (Wildman–Crippen LogP) is 1.95. The van der Waals surface area contributed by atoms with Crippen molar-refractivity contribution in [1.82, 2.24) is 0 Å². The Bertz CT molecular complexity index is 402. The molecular formula is C13H14O4. The molecule has 0 bridgehead atoms. The van der Waals surface area contributed by atoms with E-state index in [1.165, 1.54) is 0 Å². The standard InChI is InChI=1S/C13H14O4/c14-13(15)6-3-10-1-4-11(5-2-10)17-12-7-8-16-9-12/h1-6,12H,7-9H2,(H,14,15)/b6-3+. The molecule has 1 heterocycles. The van der Waals surface area contributed by atoms with Gasteiger partial charge in [0.2, 0.25) is 0 Å². The number of hydrogen-bond donors (Lipinski definition) is 1. The van der Waals surface area contributed by atoms with Crippen molar-refractivity contribution in [3.8, 4) is 5.75 Å². The van der Waals surface area contributed by atoms with Crippen molar-refractivity contribution in [2.45, 2.75) is 12.5 Å². The van der Waals surface area contributed by atoms with Gasteiger partial charge in [0, 0.05) is 12.5 Å². The van der Waals surface area contributed by atoms with Crippen LogP contribution in [0, 0.1) is 0 Å². The molecule has 2 rings (SSSR count). The molecule has 4 nitrogen and oxygen atoms in total. The molecular weight excluding hydrogens is 220 g/mol. The maximum absolute atomic E-state index is 10.3. The van der Waals surface area contributed by atoms with Gasteiger partial charge in [-0.25, -0.2) is 4.79 Å². The fourth-order valence-corrected chi connectivity index (χ4v) is 1.62. The highest BCUT2D eigenvalue weighted by Crippen LogP contribution is 2.18. The Morgan fingerprint density at radius 2 is 2.18 bits per heavy atom. The lowest BCUT2D eigenvalue weighted by molar-refractivity contribution is -0.131. The Kier molecular flexibility index (Phi) is 3.77. The molecule has 0 saturated carbocycles. The summed E-state index contributed by atoms with van der Waals surface area (Å²) in [6.07, 6.45) is 3.71. The smallest absolute Gasteiger partial charge is 0.328 e. The maximum atomic E-state index is 10.3. The fraction of sp³-hybridized carbons (Fsp3) is 0.308. The molecule has 1 saturated heterocycles. The van der Waals surface area contributed by atoms with Crippen LogP contribution in [0.3, 0.4) is 0 Å². The lowest BCUT2D eigenvalue weighted by Gasteiger charge is -2.11. The van der Waals surface area contributed by atoms with Gasteiger partial charge in [0.15, 0.2) is 0 Å². The van der Waals surface area contributed by atoms with Crippen LogP contribution in [0.4, 0.5) is 0 Å². The van der Waals surface area contributed by atoms with Gasteiger partial charge in [-0.2, -0.15) is 0 Å². The number of rotatable bonds is 4. The van der Waals surface area contributed by atoms with Gasteiger partial charge >= 0.3 is 5.97 Å². The number of aliphatic carboxylic acids is 1. The van der Waals surface area contributed by atoms with E-state index >= 15 is 0 Å². The Hall–Kier alpha value is -1.81. The van der Waals surface area contributed by atoms with Gasteiger partial charge in [0.25, 0.3) is 0 Å². The third kappa shape index (κ3) is 3.60. The highest BCUT2D eigenvalue weighted by molar-refractivity contribution is 5.85. The molecule has 17 heavy (non-hydrogen) atoms. The number of hydrogen-bond acceptors (Lipinski definition) is 3. The second-order valence-electron chi connectivity index (χ2n) is 3.84. The zero-order valence-electron chi connectivity index (χ0n) is 9.33. The first-order valence-electron chi connectivity index (χ1n) is 5.49. The third-order valence-electron chi connectivity index (χ3n) is 2.49. The Labute approximate surface area is 99.5 Å². The molecule has 0 spiro atoms. The van der Waals surface area contributed by atoms with Crippen LogP contribution >= 0.6 is 0 Å². The summed E-state index contributed by atoms with van der Waals surface area (Å²) in [7, 11) is 0. The van der Waals surface area contributed by atoms with Crippen LogP contribution in [0.15, 0.2) is 30.3 Å². The van der Waals surface area contributed by atoms with E-state index in [4.69, 9.17) is 14.6 Å². The van der Waals surface area contributed by atoms with Crippen LogP contribution in [-0.4, -0.2) is 30.4 Å². The number of carboxylic acids is 1. The minimum atomic E-state index is -0.951. The summed E-state index contributed by atoms with van der Waals surface area (Å²) in [5.41, 5.74) is 0.836. The number of carbonyl (C=O) groups is 1. The fourth-order valence-electron chi connectivity index (χ4n) is 1.62. The highest BCUT2D eigenvalue weighted by Gasteiger charge is 2.16. The van der Waals surface area contributed by atoms with Crippen molar-refractivity contribution in [2.24, 2.45) is 0 Å². The van der Waals surface area contributed by atoms with E-state index in [2.05, 4.69) is 0 Å². The first kappa shape index (κ1) is 11.7. The van der Waals surface area contributed by atoms with Crippen LogP contribution in [0.5, 0.6) is 5.75 Å². The van der Waals surface area contributed by atoms with Crippen LogP contribution < -0.4 is 4.74 Å². The van der Waals surface area contributed by atoms with E-state index < -0.39 is 5.97 Å². The molecule has 1 aliphatic rings. The lowest BCUT2D eigenvalue weighted by atomic mass is 10.2. The molecule has 1 unspecified atom stereocenters. The van der Waals surface area contributed by atoms with Gasteiger partial charge in [-0.15, -0.1) is 0 Å². The molecule has 1 aromatic rings. The van der Waals surface area contributed by atoms with E-state index in [1.54, 1.807) is 6.08 Å². The Balaban J connectivity index is 1.95. The highest BCUT2D eigenvalue weighted by atomic mass is 16.5. The van der Waals surface area contributed by atoms with Crippen molar-refractivity contribution in [3.05, 3.63) is 35.9 Å². The molecule has 1 fully saturated rings. The quantitative estimate of drug-likeness (QED) is 0.809. The monoisotopic (exact) mass is 234 g/mol. The van der Waals surface area contributed by atoms with E-state index in [9.17, 15) is 4.79 Å². The minimum Gasteiger partial charge on any atom is -0.488 e. The van der Waals surface area contributed by atoms with Gasteiger partial charge in [-0.1, -0.05) is 12.1 Å². The van der Waals surface area contributed by atoms with E-state index in [1.807, 2.05) is 24.3 Å². The lowest BCUT2D eigenvalue weighted by Crippen LogP contribution is -2.15. The van der Waals surface area contributed by atoms with Crippen molar-refractivity contribution < 1.29 is 19.4 Å². The summed E-state index contributed by atoms with van der Waals surface area (Å²) in [6.45, 7) is 1.39. The van der Waals surface area contributed by atoms with E-state index in [-0.39, 0.29) is 6.10 Å². The molecule has 0 radical (unpaired) electrons. The second kappa shape index (κ2) is 5.50. The average molecular weight is 234 g/mol. The zero-order valence-corrected chi connectivity index (χ0v) is 9.33. The van der Waals surface area contributed by atoms with Crippen molar-refractivity contribution in [2.75, 3.05) is 13.2 Å². The van der Waals surface area contributed by atoms with Gasteiger partial charge in [0.1, 0.15) is 11.9 Å². The van der Waals surface area contributed by atoms with Crippen molar-refractivity contribution in [3.63, 3.8) is 0 Å². The molecule has 90 valence electrons. The molecule has 0 aliphatic carbocycles. The van der Waals surface area contributed by atoms with Gasteiger partial charge in [-0.05, 0) is 23.8 Å². The molecule has 1 N–H and O–H groups in total. The Morgan fingerprint density at radius 3 is 2.76 bits per heavy atom. The SMILES string of the molecule is O=C(O)/C=C/c1ccc(OC2CCOC2)cc1. The van der Waals surface area contributed by atoms with Crippen LogP contribution in [0.2, 0.25) is 0 Å². The van der Waals surface area contributed by atoms with Crippen LogP contribution in [-0.2, 0) is 9.53 Å². The topological polar surface area (TPSA) is 55.8 Å². The third-order valence-corrected chi connectivity index (χ3v) is 2.49. The second-order valence-corrected chi connectivity index (χ2v) is 3.84. The van der Waals surface area contributed by atoms with Crippen LogP contribution in [0.25, 0.3) is 6.08 Å². The molecule has 4 heteroatoms. The summed E-state index contributed by atoms with van der Waals surface area (Å²) in [5.74, 6) is -0.165. The first-order chi connectivity index (χ1) is 8.24. The molecule has 1 aromatic carbocycles. The largest absolute Gasteiger partial charge is 0.488 e. The van der Waals surface area contributed by atoms with Crippen LogP contribution in [0.1, 0.15) is 12.0 Å². The maximum Gasteiger partial charge on any atom is 0.328 e. The molecule has 1 atom stereocenters. The minimum absolute atomic E-state index is 0.135. The van der Waals surface area contributed by atoms with Gasteiger partial charge in [-0.3, -0.25) is 0 Å². The number of ether oxygens (including phenoxy) is 2. The summed E-state index contributed by atoms with van der Waals surface area (Å²) < 4.78 is 10.9. The summed E-state index contributed by atoms with van der Waals surface area (Å²) in [6, 6.07) is 7.31. The number of carboxylic acid groups (broad SMARTS) is 1.